The molecular formula is C20H28N2O3. The Kier molecular flexibility index (Phi) is 5.02. The van der Waals surface area contributed by atoms with E-state index in [1.807, 2.05) is 0 Å². The molecule has 2 fully saturated rings. The second-order valence-electron chi connectivity index (χ2n) is 7.69. The number of hydrogen-bond acceptors (Lipinski definition) is 2. The number of piperidine rings is 1. The van der Waals surface area contributed by atoms with E-state index >= 15 is 0 Å². The van der Waals surface area contributed by atoms with Crippen LogP contribution in [0.1, 0.15) is 48.8 Å². The second-order valence-corrected chi connectivity index (χ2v) is 7.69. The topological polar surface area (TPSA) is 69.6 Å². The minimum absolute atomic E-state index is 0.0565. The average Bonchev–Trinajstić information content (AvgIpc) is 2.56. The number of likely N-dealkylation sites (tertiary alicyclic amines) is 1. The molecule has 1 saturated heterocycles. The SMILES string of the molecule is Cc1ccc(C2(CNC(=O)N3CCC(C(=O)O)CC3)CCC2)cc1C. The predicted molar refractivity (Wildman–Crippen MR) is 96.8 cm³/mol. The van der Waals surface area contributed by atoms with Crippen molar-refractivity contribution in [2.24, 2.45) is 5.92 Å². The van der Waals surface area contributed by atoms with Crippen molar-refractivity contribution in [2.45, 2.75) is 51.4 Å². The number of aryl methyl sites for hydroxylation is 2. The van der Waals surface area contributed by atoms with Gasteiger partial charge in [0.1, 0.15) is 0 Å². The lowest BCUT2D eigenvalue weighted by molar-refractivity contribution is -0.143. The van der Waals surface area contributed by atoms with Crippen LogP contribution in [0.4, 0.5) is 4.79 Å². The maximum Gasteiger partial charge on any atom is 0.317 e. The number of carbonyl (C=O) groups is 2. The molecule has 0 bridgehead atoms. The van der Waals surface area contributed by atoms with E-state index in [4.69, 9.17) is 5.11 Å². The van der Waals surface area contributed by atoms with Gasteiger partial charge in [0.05, 0.1) is 5.92 Å². The molecule has 1 aromatic carbocycles. The summed E-state index contributed by atoms with van der Waals surface area (Å²) in [6.07, 6.45) is 4.51. The van der Waals surface area contributed by atoms with Crippen molar-refractivity contribution in [3.63, 3.8) is 0 Å². The van der Waals surface area contributed by atoms with Gasteiger partial charge in [-0.05, 0) is 56.2 Å². The van der Waals surface area contributed by atoms with E-state index in [1.165, 1.54) is 23.1 Å². The molecule has 5 heteroatoms. The summed E-state index contributed by atoms with van der Waals surface area (Å²) in [6, 6.07) is 6.58. The number of benzene rings is 1. The lowest BCUT2D eigenvalue weighted by atomic mass is 9.64. The number of amides is 2. The Morgan fingerprint density at radius 3 is 2.40 bits per heavy atom. The fraction of sp³-hybridized carbons (Fsp3) is 0.600. The molecule has 2 amide bonds. The highest BCUT2D eigenvalue weighted by atomic mass is 16.4. The molecule has 1 saturated carbocycles. The molecule has 0 unspecified atom stereocenters. The lowest BCUT2D eigenvalue weighted by Gasteiger charge is -2.43. The molecule has 1 aliphatic heterocycles. The summed E-state index contributed by atoms with van der Waals surface area (Å²) < 4.78 is 0. The Morgan fingerprint density at radius 2 is 1.88 bits per heavy atom. The Labute approximate surface area is 149 Å². The number of nitrogens with zero attached hydrogens (tertiary/aromatic N) is 1. The average molecular weight is 344 g/mol. The van der Waals surface area contributed by atoms with Crippen LogP contribution in [0, 0.1) is 19.8 Å². The Hall–Kier alpha value is -2.04. The minimum Gasteiger partial charge on any atom is -0.481 e. The number of carbonyl (C=O) groups excluding carboxylic acids is 1. The van der Waals surface area contributed by atoms with E-state index in [0.717, 1.165) is 12.8 Å². The van der Waals surface area contributed by atoms with Crippen LogP contribution in [0.3, 0.4) is 0 Å². The summed E-state index contributed by atoms with van der Waals surface area (Å²) in [4.78, 5) is 25.3. The predicted octanol–water partition coefficient (Wildman–Crippen LogP) is 3.23. The van der Waals surface area contributed by atoms with Crippen molar-refractivity contribution >= 4 is 12.0 Å². The molecule has 25 heavy (non-hydrogen) atoms. The highest BCUT2D eigenvalue weighted by Gasteiger charge is 2.39. The van der Waals surface area contributed by atoms with Gasteiger partial charge in [-0.2, -0.15) is 0 Å². The van der Waals surface area contributed by atoms with Gasteiger partial charge in [0.15, 0.2) is 0 Å². The lowest BCUT2D eigenvalue weighted by Crippen LogP contribution is -2.51. The molecule has 5 nitrogen and oxygen atoms in total. The van der Waals surface area contributed by atoms with E-state index < -0.39 is 5.97 Å². The third kappa shape index (κ3) is 3.65. The highest BCUT2D eigenvalue weighted by molar-refractivity contribution is 5.75. The van der Waals surface area contributed by atoms with Crippen LogP contribution in [0.5, 0.6) is 0 Å². The summed E-state index contributed by atoms with van der Waals surface area (Å²) in [7, 11) is 0. The van der Waals surface area contributed by atoms with Gasteiger partial charge in [-0.3, -0.25) is 4.79 Å². The summed E-state index contributed by atoms with van der Waals surface area (Å²) in [5, 5.41) is 12.2. The molecule has 136 valence electrons. The summed E-state index contributed by atoms with van der Waals surface area (Å²) in [5.74, 6) is -1.05. The summed E-state index contributed by atoms with van der Waals surface area (Å²) in [6.45, 7) is 5.97. The van der Waals surface area contributed by atoms with E-state index in [2.05, 4.69) is 37.4 Å². The van der Waals surface area contributed by atoms with Gasteiger partial charge < -0.3 is 15.3 Å². The Morgan fingerprint density at radius 1 is 1.20 bits per heavy atom. The van der Waals surface area contributed by atoms with E-state index in [-0.39, 0.29) is 17.4 Å². The fourth-order valence-corrected chi connectivity index (χ4v) is 3.93. The summed E-state index contributed by atoms with van der Waals surface area (Å²) >= 11 is 0. The van der Waals surface area contributed by atoms with Gasteiger partial charge >= 0.3 is 12.0 Å². The quantitative estimate of drug-likeness (QED) is 0.881. The smallest absolute Gasteiger partial charge is 0.317 e. The first-order valence-corrected chi connectivity index (χ1v) is 9.25. The zero-order valence-electron chi connectivity index (χ0n) is 15.2. The van der Waals surface area contributed by atoms with Crippen molar-refractivity contribution < 1.29 is 14.7 Å². The number of aliphatic carboxylic acids is 1. The summed E-state index contributed by atoms with van der Waals surface area (Å²) in [5.41, 5.74) is 3.98. The number of carboxylic acid groups (broad SMARTS) is 1. The highest BCUT2D eigenvalue weighted by Crippen LogP contribution is 2.43. The van der Waals surface area contributed by atoms with Crippen molar-refractivity contribution in [1.82, 2.24) is 10.2 Å². The number of carboxylic acids is 1. The first-order valence-electron chi connectivity index (χ1n) is 9.25. The Balaban J connectivity index is 1.59. The van der Waals surface area contributed by atoms with Crippen LogP contribution in [-0.4, -0.2) is 41.6 Å². The van der Waals surface area contributed by atoms with Crippen LogP contribution < -0.4 is 5.32 Å². The largest absolute Gasteiger partial charge is 0.481 e. The third-order valence-corrected chi connectivity index (χ3v) is 6.14. The molecule has 3 rings (SSSR count). The minimum atomic E-state index is -0.747. The molecule has 2 N–H and O–H groups in total. The van der Waals surface area contributed by atoms with E-state index in [1.54, 1.807) is 4.90 Å². The normalized spacial score (nSPS) is 20.0. The van der Waals surface area contributed by atoms with Crippen LogP contribution in [0.15, 0.2) is 18.2 Å². The molecule has 1 heterocycles. The first-order chi connectivity index (χ1) is 11.9. The molecule has 1 aromatic rings. The van der Waals surface area contributed by atoms with Gasteiger partial charge in [-0.25, -0.2) is 4.79 Å². The van der Waals surface area contributed by atoms with Crippen LogP contribution in [0.2, 0.25) is 0 Å². The van der Waals surface area contributed by atoms with Crippen LogP contribution >= 0.6 is 0 Å². The molecule has 0 spiro atoms. The number of rotatable bonds is 4. The fourth-order valence-electron chi connectivity index (χ4n) is 3.93. The number of urea groups is 1. The standard InChI is InChI=1S/C20H28N2O3/c1-14-4-5-17(12-15(14)2)20(8-3-9-20)13-21-19(25)22-10-6-16(7-11-22)18(23)24/h4-5,12,16H,3,6-11,13H2,1-2H3,(H,21,25)(H,23,24). The third-order valence-electron chi connectivity index (χ3n) is 6.14. The molecule has 0 aromatic heterocycles. The molecule has 1 aliphatic carbocycles. The zero-order valence-corrected chi connectivity index (χ0v) is 15.2. The van der Waals surface area contributed by atoms with Crippen molar-refractivity contribution in [3.8, 4) is 0 Å². The number of nitrogens with one attached hydrogen (secondary N) is 1. The van der Waals surface area contributed by atoms with E-state index in [0.29, 0.717) is 32.5 Å². The molecule has 0 radical (unpaired) electrons. The maximum atomic E-state index is 12.5. The maximum absolute atomic E-state index is 12.5. The molecule has 0 atom stereocenters. The van der Waals surface area contributed by atoms with Crippen molar-refractivity contribution in [3.05, 3.63) is 34.9 Å². The first kappa shape index (κ1) is 17.8. The van der Waals surface area contributed by atoms with Crippen molar-refractivity contribution in [1.29, 1.82) is 0 Å². The molecule has 2 aliphatic rings. The van der Waals surface area contributed by atoms with Crippen molar-refractivity contribution in [2.75, 3.05) is 19.6 Å². The van der Waals surface area contributed by atoms with Gasteiger partial charge in [0.25, 0.3) is 0 Å². The van der Waals surface area contributed by atoms with E-state index in [9.17, 15) is 9.59 Å². The second kappa shape index (κ2) is 7.06. The van der Waals surface area contributed by atoms with Gasteiger partial charge in [0.2, 0.25) is 0 Å². The zero-order chi connectivity index (χ0) is 18.0. The molecular weight excluding hydrogens is 316 g/mol. The van der Waals surface area contributed by atoms with Gasteiger partial charge in [-0.15, -0.1) is 0 Å². The van der Waals surface area contributed by atoms with Gasteiger partial charge in [-0.1, -0.05) is 24.6 Å². The van der Waals surface area contributed by atoms with Gasteiger partial charge in [0, 0.05) is 25.0 Å². The monoisotopic (exact) mass is 344 g/mol. The van der Waals surface area contributed by atoms with Crippen LogP contribution in [-0.2, 0) is 10.2 Å². The van der Waals surface area contributed by atoms with Crippen LogP contribution in [0.25, 0.3) is 0 Å². The number of hydrogen-bond donors (Lipinski definition) is 2. The Bertz CT molecular complexity index is 659.